The predicted octanol–water partition coefficient (Wildman–Crippen LogP) is 2.19. The molecule has 1 aliphatic carbocycles. The molecule has 1 unspecified atom stereocenters. The molecule has 22 heavy (non-hydrogen) atoms. The number of nitrogens with one attached hydrogen (secondary N) is 1. The lowest BCUT2D eigenvalue weighted by atomic mass is 9.90. The van der Waals surface area contributed by atoms with E-state index in [1.165, 1.54) is 12.1 Å². The third kappa shape index (κ3) is 2.77. The topological polar surface area (TPSA) is 69.6 Å². The molecule has 2 aliphatic rings. The van der Waals surface area contributed by atoms with Crippen LogP contribution in [0.2, 0.25) is 0 Å². The summed E-state index contributed by atoms with van der Waals surface area (Å²) in [5.41, 5.74) is 0.167. The molecule has 2 fully saturated rings. The van der Waals surface area contributed by atoms with E-state index in [2.05, 4.69) is 5.32 Å². The van der Waals surface area contributed by atoms with E-state index in [4.69, 9.17) is 0 Å². The van der Waals surface area contributed by atoms with Gasteiger partial charge in [-0.2, -0.15) is 0 Å². The van der Waals surface area contributed by atoms with Gasteiger partial charge < -0.3 is 15.3 Å². The van der Waals surface area contributed by atoms with Crippen LogP contribution in [-0.2, 0) is 4.79 Å². The lowest BCUT2D eigenvalue weighted by molar-refractivity contribution is -0.146. The van der Waals surface area contributed by atoms with Gasteiger partial charge in [0.2, 0.25) is 0 Å². The normalized spacial score (nSPS) is 30.2. The van der Waals surface area contributed by atoms with Crippen molar-refractivity contribution in [3.63, 3.8) is 0 Å². The number of carbonyl (C=O) groups excluding carboxylic acids is 1. The van der Waals surface area contributed by atoms with E-state index in [-0.39, 0.29) is 30.4 Å². The number of likely N-dealkylation sites (tertiary alicyclic amines) is 1. The Morgan fingerprint density at radius 1 is 1.36 bits per heavy atom. The van der Waals surface area contributed by atoms with E-state index in [0.29, 0.717) is 13.0 Å². The predicted molar refractivity (Wildman–Crippen MR) is 78.0 cm³/mol. The summed E-state index contributed by atoms with van der Waals surface area (Å²) in [5.74, 6) is -0.911. The minimum atomic E-state index is -0.863. The second kappa shape index (κ2) is 5.26. The number of benzene rings is 1. The first-order valence-electron chi connectivity index (χ1n) is 7.43. The van der Waals surface area contributed by atoms with E-state index >= 15 is 0 Å². The third-order valence-electron chi connectivity index (χ3n) is 4.67. The minimum Gasteiger partial charge on any atom is -0.481 e. The molecule has 1 saturated carbocycles. The van der Waals surface area contributed by atoms with Crippen molar-refractivity contribution in [1.82, 2.24) is 10.2 Å². The molecule has 2 amide bonds. The maximum atomic E-state index is 12.9. The van der Waals surface area contributed by atoms with Gasteiger partial charge in [0.05, 0.1) is 5.41 Å². The molecular formula is C16H19FN2O3. The lowest BCUT2D eigenvalue weighted by Gasteiger charge is -2.20. The van der Waals surface area contributed by atoms with E-state index in [9.17, 15) is 19.1 Å². The van der Waals surface area contributed by atoms with Gasteiger partial charge in [-0.15, -0.1) is 0 Å². The van der Waals surface area contributed by atoms with Crippen LogP contribution in [0.25, 0.3) is 0 Å². The van der Waals surface area contributed by atoms with Gasteiger partial charge in [-0.25, -0.2) is 9.18 Å². The van der Waals surface area contributed by atoms with Crippen LogP contribution >= 0.6 is 0 Å². The highest BCUT2D eigenvalue weighted by molar-refractivity contribution is 5.80. The number of carbonyl (C=O) groups is 2. The smallest absolute Gasteiger partial charge is 0.317 e. The first-order valence-corrected chi connectivity index (χ1v) is 7.43. The van der Waals surface area contributed by atoms with Crippen LogP contribution in [0.4, 0.5) is 9.18 Å². The molecule has 1 saturated heterocycles. The molecule has 1 heterocycles. The molecule has 5 nitrogen and oxygen atoms in total. The van der Waals surface area contributed by atoms with Crippen molar-refractivity contribution >= 4 is 12.0 Å². The zero-order valence-electron chi connectivity index (χ0n) is 12.4. The number of halogens is 1. The highest BCUT2D eigenvalue weighted by Gasteiger charge is 2.45. The zero-order valence-corrected chi connectivity index (χ0v) is 12.4. The van der Waals surface area contributed by atoms with Gasteiger partial charge in [-0.1, -0.05) is 12.1 Å². The Balaban J connectivity index is 1.54. The van der Waals surface area contributed by atoms with Crippen LogP contribution in [-0.4, -0.2) is 41.1 Å². The van der Waals surface area contributed by atoms with Crippen LogP contribution < -0.4 is 5.32 Å². The van der Waals surface area contributed by atoms with Crippen molar-refractivity contribution in [3.05, 3.63) is 35.6 Å². The van der Waals surface area contributed by atoms with E-state index < -0.39 is 11.4 Å². The maximum Gasteiger partial charge on any atom is 0.317 e. The van der Waals surface area contributed by atoms with Crippen LogP contribution in [0.3, 0.4) is 0 Å². The van der Waals surface area contributed by atoms with Crippen molar-refractivity contribution in [2.24, 2.45) is 5.41 Å². The second-order valence-electron chi connectivity index (χ2n) is 6.49. The fourth-order valence-corrected chi connectivity index (χ4v) is 2.99. The Kier molecular flexibility index (Phi) is 3.54. The molecule has 2 N–H and O–H groups in total. The molecule has 0 aromatic heterocycles. The molecule has 3 atom stereocenters. The maximum absolute atomic E-state index is 12.9. The molecule has 1 aromatic rings. The number of hydrogen-bond acceptors (Lipinski definition) is 2. The monoisotopic (exact) mass is 306 g/mol. The molecule has 118 valence electrons. The zero-order chi connectivity index (χ0) is 15.9. The summed E-state index contributed by atoms with van der Waals surface area (Å²) in [4.78, 5) is 25.0. The first-order chi connectivity index (χ1) is 10.4. The van der Waals surface area contributed by atoms with Crippen LogP contribution in [0.5, 0.6) is 0 Å². The Bertz CT molecular complexity index is 604. The molecule has 3 rings (SSSR count). The fraction of sp³-hybridized carbons (Fsp3) is 0.500. The quantitative estimate of drug-likeness (QED) is 0.899. The Morgan fingerprint density at radius 2 is 2.05 bits per heavy atom. The number of aliphatic carboxylic acids is 1. The lowest BCUT2D eigenvalue weighted by Crippen LogP contribution is -2.42. The van der Waals surface area contributed by atoms with Gasteiger partial charge in [0.1, 0.15) is 5.82 Å². The van der Waals surface area contributed by atoms with Gasteiger partial charge in [0.15, 0.2) is 0 Å². The number of carboxylic acids is 1. The van der Waals surface area contributed by atoms with E-state index in [1.54, 1.807) is 24.0 Å². The molecule has 1 aromatic carbocycles. The van der Waals surface area contributed by atoms with E-state index in [1.807, 2.05) is 0 Å². The van der Waals surface area contributed by atoms with E-state index in [0.717, 1.165) is 12.0 Å². The third-order valence-corrected chi connectivity index (χ3v) is 4.67. The average Bonchev–Trinajstić information content (AvgIpc) is 3.10. The largest absolute Gasteiger partial charge is 0.481 e. The van der Waals surface area contributed by atoms with Gasteiger partial charge in [0, 0.05) is 25.0 Å². The number of carboxylic acid groups (broad SMARTS) is 1. The summed E-state index contributed by atoms with van der Waals surface area (Å²) in [6.07, 6.45) is 1.31. The second-order valence-corrected chi connectivity index (χ2v) is 6.49. The highest BCUT2D eigenvalue weighted by atomic mass is 19.1. The first kappa shape index (κ1) is 14.8. The summed E-state index contributed by atoms with van der Waals surface area (Å²) < 4.78 is 12.9. The van der Waals surface area contributed by atoms with Crippen LogP contribution in [0.1, 0.15) is 31.2 Å². The summed E-state index contributed by atoms with van der Waals surface area (Å²) in [6, 6.07) is 6.16. The van der Waals surface area contributed by atoms with Gasteiger partial charge in [-0.05, 0) is 37.5 Å². The summed E-state index contributed by atoms with van der Waals surface area (Å²) in [7, 11) is 0. The van der Waals surface area contributed by atoms with Crippen molar-refractivity contribution in [3.8, 4) is 0 Å². The van der Waals surface area contributed by atoms with Crippen molar-refractivity contribution in [1.29, 1.82) is 0 Å². The van der Waals surface area contributed by atoms with Crippen LogP contribution in [0.15, 0.2) is 24.3 Å². The van der Waals surface area contributed by atoms with Crippen molar-refractivity contribution in [2.45, 2.75) is 31.7 Å². The summed E-state index contributed by atoms with van der Waals surface area (Å²) in [6.45, 7) is 2.37. The molecule has 6 heteroatoms. The minimum absolute atomic E-state index is 0.0506. The molecule has 1 aliphatic heterocycles. The summed E-state index contributed by atoms with van der Waals surface area (Å²) in [5, 5.41) is 12.1. The van der Waals surface area contributed by atoms with Crippen molar-refractivity contribution in [2.75, 3.05) is 13.1 Å². The number of hydrogen-bond donors (Lipinski definition) is 2. The molecule has 0 radical (unpaired) electrons. The standard InChI is InChI=1S/C16H19FN2O3/c1-16(14(20)21)6-7-19(9-16)15(22)18-13-8-12(13)10-2-4-11(17)5-3-10/h2-5,12-13H,6-9H2,1H3,(H,18,22)(H,20,21)/t12-,13+,16?/m0/s1. The number of amides is 2. The summed E-state index contributed by atoms with van der Waals surface area (Å²) >= 11 is 0. The van der Waals surface area contributed by atoms with Gasteiger partial charge in [-0.3, -0.25) is 4.79 Å². The average molecular weight is 306 g/mol. The number of nitrogens with zero attached hydrogens (tertiary/aromatic N) is 1. The highest BCUT2D eigenvalue weighted by Crippen LogP contribution is 2.41. The number of urea groups is 1. The van der Waals surface area contributed by atoms with Crippen LogP contribution in [0, 0.1) is 11.2 Å². The van der Waals surface area contributed by atoms with Gasteiger partial charge in [0.25, 0.3) is 0 Å². The van der Waals surface area contributed by atoms with Crippen molar-refractivity contribution < 1.29 is 19.1 Å². The molecule has 0 spiro atoms. The number of rotatable bonds is 3. The molecular weight excluding hydrogens is 287 g/mol. The Hall–Kier alpha value is -2.11. The Morgan fingerprint density at radius 3 is 2.64 bits per heavy atom. The Labute approximate surface area is 128 Å². The van der Waals surface area contributed by atoms with Gasteiger partial charge >= 0.3 is 12.0 Å². The SMILES string of the molecule is CC1(C(=O)O)CCN(C(=O)N[C@@H]2C[C@H]2c2ccc(F)cc2)C1. The molecule has 0 bridgehead atoms. The fourth-order valence-electron chi connectivity index (χ4n) is 2.99.